The van der Waals surface area contributed by atoms with Gasteiger partial charge in [0.15, 0.2) is 0 Å². The molecular formula is C25H23BrFNO. The quantitative estimate of drug-likeness (QED) is 0.347. The van der Waals surface area contributed by atoms with Crippen LogP contribution >= 0.6 is 15.9 Å². The lowest BCUT2D eigenvalue weighted by molar-refractivity contribution is -0.125. The number of amides is 1. The van der Waals surface area contributed by atoms with Gasteiger partial charge in [-0.05, 0) is 52.8 Å². The second-order valence-corrected chi connectivity index (χ2v) is 8.24. The highest BCUT2D eigenvalue weighted by Crippen LogP contribution is 2.51. The summed E-state index contributed by atoms with van der Waals surface area (Å²) in [5.41, 5.74) is 4.61. The molecule has 0 saturated carbocycles. The first-order chi connectivity index (χ1) is 14.2. The lowest BCUT2D eigenvalue weighted by Crippen LogP contribution is -2.44. The van der Waals surface area contributed by atoms with Crippen molar-refractivity contribution in [1.82, 2.24) is 5.32 Å². The summed E-state index contributed by atoms with van der Waals surface area (Å²) in [6, 6.07) is 22.7. The fourth-order valence-electron chi connectivity index (χ4n) is 4.37. The Balaban J connectivity index is 1.72. The molecule has 4 rings (SSSR count). The molecule has 1 aliphatic carbocycles. The maximum absolute atomic E-state index is 13.7. The van der Waals surface area contributed by atoms with Gasteiger partial charge in [0, 0.05) is 11.9 Å². The number of nitrogens with one attached hydrogen (secondary N) is 1. The molecule has 0 unspecified atom stereocenters. The highest BCUT2D eigenvalue weighted by molar-refractivity contribution is 9.09. The number of alkyl halides is 1. The minimum Gasteiger partial charge on any atom is -0.351 e. The number of halogens is 2. The summed E-state index contributed by atoms with van der Waals surface area (Å²) < 4.78 is 13.2. The number of rotatable bonds is 7. The fraction of sp³-hybridized carbons (Fsp3) is 0.240. The molecular weight excluding hydrogens is 429 g/mol. The van der Waals surface area contributed by atoms with Crippen LogP contribution in [0.5, 0.6) is 0 Å². The largest absolute Gasteiger partial charge is 0.351 e. The van der Waals surface area contributed by atoms with Gasteiger partial charge in [0.25, 0.3) is 0 Å². The molecule has 148 valence electrons. The number of hydrogen-bond acceptors (Lipinski definition) is 1. The van der Waals surface area contributed by atoms with Crippen LogP contribution in [0.15, 0.2) is 72.8 Å². The predicted molar refractivity (Wildman–Crippen MR) is 119 cm³/mol. The molecule has 0 aromatic heterocycles. The minimum absolute atomic E-state index is 0.00815. The van der Waals surface area contributed by atoms with Crippen molar-refractivity contribution in [3.8, 4) is 11.1 Å². The van der Waals surface area contributed by atoms with Gasteiger partial charge in [0.2, 0.25) is 5.91 Å². The molecule has 3 aromatic rings. The van der Waals surface area contributed by atoms with Crippen LogP contribution in [0.1, 0.15) is 36.0 Å². The standard InChI is InChI=1S/C25H23BrFNO/c26-16-6-5-15-25(24(29)28-17-18-11-13-19(27)14-12-18)22-9-3-1-7-20(22)21-8-2-4-10-23(21)25/h1-4,7-14H,5-6,15-17H2,(H,28,29). The second-order valence-electron chi connectivity index (χ2n) is 7.45. The molecule has 0 bridgehead atoms. The maximum atomic E-state index is 13.7. The van der Waals surface area contributed by atoms with E-state index in [-0.39, 0.29) is 11.7 Å². The Morgan fingerprint density at radius 2 is 1.45 bits per heavy atom. The van der Waals surface area contributed by atoms with Crippen molar-refractivity contribution in [1.29, 1.82) is 0 Å². The zero-order valence-corrected chi connectivity index (χ0v) is 17.7. The summed E-state index contributed by atoms with van der Waals surface area (Å²) in [5.74, 6) is -0.265. The van der Waals surface area contributed by atoms with Crippen LogP contribution in [-0.4, -0.2) is 11.2 Å². The van der Waals surface area contributed by atoms with E-state index in [1.54, 1.807) is 12.1 Å². The molecule has 0 fully saturated rings. The third-order valence-electron chi connectivity index (χ3n) is 5.75. The Hall–Kier alpha value is -2.46. The molecule has 1 amide bonds. The molecule has 0 atom stereocenters. The van der Waals surface area contributed by atoms with Crippen molar-refractivity contribution >= 4 is 21.8 Å². The van der Waals surface area contributed by atoms with E-state index in [4.69, 9.17) is 0 Å². The van der Waals surface area contributed by atoms with E-state index in [9.17, 15) is 9.18 Å². The maximum Gasteiger partial charge on any atom is 0.235 e. The van der Waals surface area contributed by atoms with Crippen molar-refractivity contribution in [2.75, 3.05) is 5.33 Å². The Morgan fingerprint density at radius 3 is 2.03 bits per heavy atom. The molecule has 3 aromatic carbocycles. The first-order valence-corrected chi connectivity index (χ1v) is 11.1. The third-order valence-corrected chi connectivity index (χ3v) is 6.31. The first-order valence-electron chi connectivity index (χ1n) is 9.95. The van der Waals surface area contributed by atoms with Gasteiger partial charge in [0.1, 0.15) is 11.2 Å². The normalized spacial score (nSPS) is 13.6. The van der Waals surface area contributed by atoms with E-state index in [2.05, 4.69) is 45.5 Å². The van der Waals surface area contributed by atoms with E-state index in [1.165, 1.54) is 12.1 Å². The number of carbonyl (C=O) groups is 1. The van der Waals surface area contributed by atoms with Crippen molar-refractivity contribution in [2.24, 2.45) is 0 Å². The highest BCUT2D eigenvalue weighted by Gasteiger charge is 2.48. The van der Waals surface area contributed by atoms with Crippen molar-refractivity contribution < 1.29 is 9.18 Å². The Labute approximate surface area is 179 Å². The van der Waals surface area contributed by atoms with Crippen molar-refractivity contribution in [3.63, 3.8) is 0 Å². The topological polar surface area (TPSA) is 29.1 Å². The van der Waals surface area contributed by atoms with Gasteiger partial charge in [-0.15, -0.1) is 0 Å². The molecule has 0 spiro atoms. The van der Waals surface area contributed by atoms with Gasteiger partial charge >= 0.3 is 0 Å². The first kappa shape index (κ1) is 19.8. The minimum atomic E-state index is -0.699. The average molecular weight is 452 g/mol. The lowest BCUT2D eigenvalue weighted by atomic mass is 9.73. The molecule has 0 heterocycles. The van der Waals surface area contributed by atoms with Crippen LogP contribution in [0.3, 0.4) is 0 Å². The summed E-state index contributed by atoms with van der Waals surface area (Å²) in [6.07, 6.45) is 2.71. The fourth-order valence-corrected chi connectivity index (χ4v) is 4.77. The number of carbonyl (C=O) groups excluding carboxylic acids is 1. The summed E-state index contributed by atoms with van der Waals surface area (Å²) in [5, 5.41) is 4.06. The van der Waals surface area contributed by atoms with Gasteiger partial charge < -0.3 is 5.32 Å². The number of fused-ring (bicyclic) bond motifs is 3. The van der Waals surface area contributed by atoms with E-state index < -0.39 is 5.41 Å². The Bertz CT molecular complexity index is 970. The zero-order chi connectivity index (χ0) is 20.3. The van der Waals surface area contributed by atoms with Gasteiger partial charge in [-0.3, -0.25) is 4.79 Å². The van der Waals surface area contributed by atoms with Crippen LogP contribution in [0.2, 0.25) is 0 Å². The van der Waals surface area contributed by atoms with E-state index in [0.29, 0.717) is 6.54 Å². The zero-order valence-electron chi connectivity index (χ0n) is 16.1. The van der Waals surface area contributed by atoms with Crippen LogP contribution in [-0.2, 0) is 16.8 Å². The van der Waals surface area contributed by atoms with Crippen LogP contribution in [0, 0.1) is 5.82 Å². The number of benzene rings is 3. The van der Waals surface area contributed by atoms with Crippen LogP contribution in [0.4, 0.5) is 4.39 Å². The molecule has 0 saturated heterocycles. The van der Waals surface area contributed by atoms with E-state index >= 15 is 0 Å². The molecule has 4 heteroatoms. The van der Waals surface area contributed by atoms with Gasteiger partial charge in [-0.2, -0.15) is 0 Å². The summed E-state index contributed by atoms with van der Waals surface area (Å²) in [4.78, 5) is 13.7. The molecule has 1 N–H and O–H groups in total. The van der Waals surface area contributed by atoms with Crippen molar-refractivity contribution in [3.05, 3.63) is 95.3 Å². The Morgan fingerprint density at radius 1 is 0.862 bits per heavy atom. The summed E-state index contributed by atoms with van der Waals surface area (Å²) in [6.45, 7) is 0.379. The van der Waals surface area contributed by atoms with E-state index in [1.807, 2.05) is 24.3 Å². The lowest BCUT2D eigenvalue weighted by Gasteiger charge is -2.31. The molecule has 0 aliphatic heterocycles. The third kappa shape index (κ3) is 3.62. The predicted octanol–water partition coefficient (Wildman–Crippen LogP) is 5.97. The van der Waals surface area contributed by atoms with Crippen LogP contribution in [0.25, 0.3) is 11.1 Å². The summed E-state index contributed by atoms with van der Waals surface area (Å²) >= 11 is 3.51. The molecule has 29 heavy (non-hydrogen) atoms. The average Bonchev–Trinajstić information content (AvgIpc) is 3.05. The smallest absolute Gasteiger partial charge is 0.235 e. The molecule has 1 aliphatic rings. The SMILES string of the molecule is O=C(NCc1ccc(F)cc1)C1(CCCCBr)c2ccccc2-c2ccccc21. The monoisotopic (exact) mass is 451 g/mol. The number of unbranched alkanes of at least 4 members (excludes halogenated alkanes) is 1. The van der Waals surface area contributed by atoms with Crippen molar-refractivity contribution in [2.45, 2.75) is 31.2 Å². The number of hydrogen-bond donors (Lipinski definition) is 1. The highest BCUT2D eigenvalue weighted by atomic mass is 79.9. The Kier molecular flexibility index (Phi) is 5.81. The molecule has 0 radical (unpaired) electrons. The van der Waals surface area contributed by atoms with Gasteiger partial charge in [-0.25, -0.2) is 4.39 Å². The molecule has 2 nitrogen and oxygen atoms in total. The summed E-state index contributed by atoms with van der Waals surface area (Å²) in [7, 11) is 0. The van der Waals surface area contributed by atoms with Crippen LogP contribution < -0.4 is 5.32 Å². The van der Waals surface area contributed by atoms with Gasteiger partial charge in [-0.1, -0.05) is 83.0 Å². The second kappa shape index (κ2) is 8.50. The van der Waals surface area contributed by atoms with Gasteiger partial charge in [0.05, 0.1) is 0 Å². The van der Waals surface area contributed by atoms with E-state index in [0.717, 1.165) is 52.4 Å².